The van der Waals surface area contributed by atoms with Crippen LogP contribution in [0.1, 0.15) is 98.2 Å². The first-order valence-electron chi connectivity index (χ1n) is 9.80. The van der Waals surface area contributed by atoms with Crippen molar-refractivity contribution in [3.63, 3.8) is 0 Å². The van der Waals surface area contributed by atoms with Crippen LogP contribution in [0.5, 0.6) is 0 Å². The van der Waals surface area contributed by atoms with Gasteiger partial charge in [0.05, 0.1) is 0 Å². The molecule has 0 saturated carbocycles. The Hall–Kier alpha value is 0.316. The van der Waals surface area contributed by atoms with Gasteiger partial charge in [-0.05, 0) is 32.1 Å². The van der Waals surface area contributed by atoms with E-state index in [-0.39, 0.29) is 65.3 Å². The molecule has 4 nitrogen and oxygen atoms in total. The fourth-order valence-corrected chi connectivity index (χ4v) is 2.62. The average Bonchev–Trinajstić information content (AvgIpc) is 2.56. The van der Waals surface area contributed by atoms with Gasteiger partial charge in [-0.3, -0.25) is 9.59 Å². The number of amides is 1. The molecule has 0 aliphatic rings. The first-order chi connectivity index (χ1) is 11.7. The van der Waals surface area contributed by atoms with Crippen molar-refractivity contribution in [1.82, 2.24) is 5.32 Å². The van der Waals surface area contributed by atoms with Crippen LogP contribution >= 0.6 is 0 Å². The number of rotatable bonds is 17. The number of allylic oxidation sites excluding steroid dienone is 2. The van der Waals surface area contributed by atoms with E-state index in [0.717, 1.165) is 25.7 Å². The van der Waals surface area contributed by atoms with Crippen molar-refractivity contribution in [3.8, 4) is 0 Å². The van der Waals surface area contributed by atoms with E-state index in [1.807, 2.05) is 0 Å². The minimum atomic E-state index is -0.993. The van der Waals surface area contributed by atoms with Crippen molar-refractivity contribution in [2.45, 2.75) is 96.8 Å². The quantitative estimate of drug-likeness (QED) is 0.232. The molecule has 1 amide bonds. The second-order valence-corrected chi connectivity index (χ2v) is 6.50. The van der Waals surface area contributed by atoms with E-state index in [0.29, 0.717) is 6.42 Å². The van der Waals surface area contributed by atoms with E-state index >= 15 is 0 Å². The van der Waals surface area contributed by atoms with Crippen molar-refractivity contribution in [2.24, 2.45) is 0 Å². The Labute approximate surface area is 198 Å². The normalized spacial score (nSPS) is 10.6. The Balaban J connectivity index is -0.00000264. The first kappa shape index (κ1) is 27.5. The van der Waals surface area contributed by atoms with Crippen molar-refractivity contribution in [2.75, 3.05) is 6.54 Å². The van der Waals surface area contributed by atoms with Gasteiger partial charge in [0.25, 0.3) is 0 Å². The number of aliphatic carboxylic acids is 1. The molecule has 2 N–H and O–H groups in total. The number of nitrogens with one attached hydrogen (secondary N) is 1. The molecule has 25 heavy (non-hydrogen) atoms. The fourth-order valence-electron chi connectivity index (χ4n) is 2.62. The zero-order valence-corrected chi connectivity index (χ0v) is 19.6. The van der Waals surface area contributed by atoms with Gasteiger partial charge in [-0.1, -0.05) is 70.4 Å². The molecule has 142 valence electrons. The average molecular weight is 380 g/mol. The topological polar surface area (TPSA) is 66.4 Å². The van der Waals surface area contributed by atoms with Gasteiger partial charge in [-0.15, -0.1) is 0 Å². The SMILES string of the molecule is CCCCCCCC/C=C\CCCCCCCC(=O)NCC(=O)O.[H-].[K+]. The zero-order chi connectivity index (χ0) is 17.9. The molecule has 0 aromatic rings. The van der Waals surface area contributed by atoms with E-state index < -0.39 is 5.97 Å². The van der Waals surface area contributed by atoms with Gasteiger partial charge in [0.2, 0.25) is 5.91 Å². The van der Waals surface area contributed by atoms with Crippen molar-refractivity contribution in [1.29, 1.82) is 0 Å². The fraction of sp³-hybridized carbons (Fsp3) is 0.800. The molecular formula is C20H38KNO3. The molecule has 0 aromatic heterocycles. The summed E-state index contributed by atoms with van der Waals surface area (Å²) in [7, 11) is 0. The van der Waals surface area contributed by atoms with Crippen LogP contribution in [0.4, 0.5) is 0 Å². The van der Waals surface area contributed by atoms with Crippen molar-refractivity contribution < 1.29 is 67.5 Å². The number of unbranched alkanes of at least 4 members (excludes halogenated alkanes) is 11. The van der Waals surface area contributed by atoms with Crippen LogP contribution in [0.2, 0.25) is 0 Å². The largest absolute Gasteiger partial charge is 1.00 e. The molecule has 0 heterocycles. The first-order valence-corrected chi connectivity index (χ1v) is 9.80. The third kappa shape index (κ3) is 24.3. The molecule has 0 saturated heterocycles. The van der Waals surface area contributed by atoms with E-state index in [1.54, 1.807) is 0 Å². The minimum absolute atomic E-state index is 0. The van der Waals surface area contributed by atoms with E-state index in [2.05, 4.69) is 24.4 Å². The van der Waals surface area contributed by atoms with E-state index in [1.165, 1.54) is 57.8 Å². The maximum Gasteiger partial charge on any atom is 1.00 e. The van der Waals surface area contributed by atoms with Crippen LogP contribution in [-0.2, 0) is 9.59 Å². The van der Waals surface area contributed by atoms with Crippen LogP contribution < -0.4 is 56.7 Å². The number of carboxylic acid groups (broad SMARTS) is 1. The molecule has 0 unspecified atom stereocenters. The Morgan fingerprint density at radius 1 is 0.840 bits per heavy atom. The zero-order valence-electron chi connectivity index (χ0n) is 17.5. The van der Waals surface area contributed by atoms with Crippen LogP contribution in [0, 0.1) is 0 Å². The van der Waals surface area contributed by atoms with E-state index in [4.69, 9.17) is 5.11 Å². The van der Waals surface area contributed by atoms with Crippen LogP contribution in [0.15, 0.2) is 12.2 Å². The summed E-state index contributed by atoms with van der Waals surface area (Å²) in [6.45, 7) is 1.98. The van der Waals surface area contributed by atoms with Crippen LogP contribution in [-0.4, -0.2) is 23.5 Å². The maximum atomic E-state index is 11.3. The van der Waals surface area contributed by atoms with E-state index in [9.17, 15) is 9.59 Å². The van der Waals surface area contributed by atoms with Gasteiger partial charge in [0.1, 0.15) is 6.54 Å². The molecule has 0 bridgehead atoms. The molecular weight excluding hydrogens is 341 g/mol. The number of hydrogen-bond acceptors (Lipinski definition) is 2. The summed E-state index contributed by atoms with van der Waals surface area (Å²) in [6.07, 6.45) is 21.1. The van der Waals surface area contributed by atoms with Gasteiger partial charge >= 0.3 is 57.4 Å². The number of carbonyl (C=O) groups excluding carboxylic acids is 1. The minimum Gasteiger partial charge on any atom is -1.00 e. The predicted molar refractivity (Wildman–Crippen MR) is 101 cm³/mol. The molecule has 0 atom stereocenters. The Kier molecular flexibility index (Phi) is 24.6. The Morgan fingerprint density at radius 3 is 1.84 bits per heavy atom. The molecule has 0 aliphatic heterocycles. The smallest absolute Gasteiger partial charge is 1.00 e. The van der Waals surface area contributed by atoms with Gasteiger partial charge in [-0.25, -0.2) is 0 Å². The molecule has 0 rings (SSSR count). The third-order valence-corrected chi connectivity index (χ3v) is 4.10. The summed E-state index contributed by atoms with van der Waals surface area (Å²) >= 11 is 0. The second-order valence-electron chi connectivity index (χ2n) is 6.50. The third-order valence-electron chi connectivity index (χ3n) is 4.10. The summed E-state index contributed by atoms with van der Waals surface area (Å²) in [5, 5.41) is 10.8. The summed E-state index contributed by atoms with van der Waals surface area (Å²) in [6, 6.07) is 0. The summed E-state index contributed by atoms with van der Waals surface area (Å²) < 4.78 is 0. The Morgan fingerprint density at radius 2 is 1.32 bits per heavy atom. The standard InChI is InChI=1S/C20H37NO3.K.H/c1-2-3-4-5-6-7-8-9-10-11-12-13-14-15-16-17-19(22)21-18-20(23)24;;/h9-10H,2-8,11-18H2,1H3,(H,21,22)(H,23,24);;/q;+1;-1/b10-9-;;. The van der Waals surface area contributed by atoms with Crippen molar-refractivity contribution >= 4 is 11.9 Å². The summed E-state index contributed by atoms with van der Waals surface area (Å²) in [5.74, 6) is -1.15. The monoisotopic (exact) mass is 379 g/mol. The predicted octanol–water partition coefficient (Wildman–Crippen LogP) is 2.34. The molecule has 0 spiro atoms. The summed E-state index contributed by atoms with van der Waals surface area (Å²) in [4.78, 5) is 21.6. The molecule has 5 heteroatoms. The maximum absolute atomic E-state index is 11.3. The van der Waals surface area contributed by atoms with Crippen LogP contribution in [0.25, 0.3) is 0 Å². The van der Waals surface area contributed by atoms with Gasteiger partial charge < -0.3 is 11.8 Å². The molecule has 0 fully saturated rings. The van der Waals surface area contributed by atoms with Crippen LogP contribution in [0.3, 0.4) is 0 Å². The van der Waals surface area contributed by atoms with Gasteiger partial charge in [-0.2, -0.15) is 0 Å². The molecule has 0 radical (unpaired) electrons. The number of hydrogen-bond donors (Lipinski definition) is 2. The molecule has 0 aliphatic carbocycles. The number of carboxylic acids is 1. The molecule has 0 aromatic carbocycles. The summed E-state index contributed by atoms with van der Waals surface area (Å²) in [5.41, 5.74) is 0. The Bertz CT molecular complexity index is 352. The van der Waals surface area contributed by atoms with Gasteiger partial charge in [0.15, 0.2) is 0 Å². The number of carbonyl (C=O) groups is 2. The van der Waals surface area contributed by atoms with Crippen molar-refractivity contribution in [3.05, 3.63) is 12.2 Å². The van der Waals surface area contributed by atoms with Gasteiger partial charge in [0, 0.05) is 6.42 Å². The second kappa shape index (κ2) is 22.4.